The number of carbonyl (C=O) groups is 1. The zero-order valence-corrected chi connectivity index (χ0v) is 10.5. The van der Waals surface area contributed by atoms with Crippen molar-refractivity contribution in [2.45, 2.75) is 26.3 Å². The largest absolute Gasteiger partial charge is 0.325 e. The Morgan fingerprint density at radius 2 is 2.28 bits per heavy atom. The van der Waals surface area contributed by atoms with Gasteiger partial charge in [-0.3, -0.25) is 4.79 Å². The van der Waals surface area contributed by atoms with Crippen molar-refractivity contribution in [1.82, 2.24) is 5.32 Å². The Morgan fingerprint density at radius 3 is 2.89 bits per heavy atom. The summed E-state index contributed by atoms with van der Waals surface area (Å²) in [6, 6.07) is 5.61. The van der Waals surface area contributed by atoms with Crippen LogP contribution in [-0.2, 0) is 4.79 Å². The Bertz CT molecular complexity index is 468. The summed E-state index contributed by atoms with van der Waals surface area (Å²) in [5, 5.41) is 14.6. The highest BCUT2D eigenvalue weighted by Crippen LogP contribution is 2.16. The van der Waals surface area contributed by atoms with Gasteiger partial charge in [0, 0.05) is 12.5 Å². The third-order valence-electron chi connectivity index (χ3n) is 2.42. The van der Waals surface area contributed by atoms with Crippen molar-refractivity contribution in [2.24, 2.45) is 0 Å². The zero-order valence-electron chi connectivity index (χ0n) is 10.5. The van der Waals surface area contributed by atoms with Crippen LogP contribution in [-0.4, -0.2) is 18.5 Å². The highest BCUT2D eigenvalue weighted by atomic mass is 19.1. The number of hydrogen-bond acceptors (Lipinski definition) is 3. The van der Waals surface area contributed by atoms with E-state index in [1.54, 1.807) is 0 Å². The van der Waals surface area contributed by atoms with E-state index < -0.39 is 5.82 Å². The summed E-state index contributed by atoms with van der Waals surface area (Å²) in [5.41, 5.74) is 0.465. The van der Waals surface area contributed by atoms with Gasteiger partial charge in [0.2, 0.25) is 5.91 Å². The smallest absolute Gasteiger partial charge is 0.225 e. The molecule has 0 saturated carbocycles. The number of nitrogens with zero attached hydrogens (tertiary/aromatic N) is 1. The molecule has 1 atom stereocenters. The highest BCUT2D eigenvalue weighted by molar-refractivity contribution is 5.92. The van der Waals surface area contributed by atoms with Crippen LogP contribution in [0.1, 0.15) is 25.8 Å². The molecule has 96 valence electrons. The molecule has 1 amide bonds. The van der Waals surface area contributed by atoms with E-state index in [0.29, 0.717) is 12.1 Å². The number of halogens is 1. The Kier molecular flexibility index (Phi) is 5.28. The van der Waals surface area contributed by atoms with Crippen LogP contribution >= 0.6 is 0 Å². The molecule has 1 unspecified atom stereocenters. The third kappa shape index (κ3) is 4.15. The van der Waals surface area contributed by atoms with Crippen LogP contribution in [0.4, 0.5) is 10.1 Å². The average Bonchev–Trinajstić information content (AvgIpc) is 2.31. The molecule has 0 saturated heterocycles. The van der Waals surface area contributed by atoms with E-state index in [4.69, 9.17) is 5.26 Å². The van der Waals surface area contributed by atoms with Gasteiger partial charge in [0.1, 0.15) is 11.9 Å². The lowest BCUT2D eigenvalue weighted by molar-refractivity contribution is -0.116. The van der Waals surface area contributed by atoms with E-state index in [-0.39, 0.29) is 17.5 Å². The molecule has 1 aromatic carbocycles. The maximum Gasteiger partial charge on any atom is 0.225 e. The van der Waals surface area contributed by atoms with Gasteiger partial charge in [0.05, 0.1) is 11.3 Å². The van der Waals surface area contributed by atoms with Crippen molar-refractivity contribution in [3.8, 4) is 6.07 Å². The molecule has 1 aromatic rings. The fourth-order valence-electron chi connectivity index (χ4n) is 1.62. The first-order chi connectivity index (χ1) is 8.56. The summed E-state index contributed by atoms with van der Waals surface area (Å²) in [6.45, 7) is 4.65. The van der Waals surface area contributed by atoms with Gasteiger partial charge in [-0.2, -0.15) is 5.26 Å². The zero-order chi connectivity index (χ0) is 13.5. The standard InChI is InChI=1S/C13H16FN3O/c1-3-16-9(2)6-13(18)17-12-5-4-11(14)7-10(12)8-15/h4-5,7,9,16H,3,6H2,1-2H3,(H,17,18). The molecular formula is C13H16FN3O. The van der Waals surface area contributed by atoms with Crippen LogP contribution in [0.3, 0.4) is 0 Å². The second kappa shape index (κ2) is 6.72. The van der Waals surface area contributed by atoms with Gasteiger partial charge < -0.3 is 10.6 Å². The quantitative estimate of drug-likeness (QED) is 0.839. The van der Waals surface area contributed by atoms with Crippen molar-refractivity contribution in [3.05, 3.63) is 29.6 Å². The Balaban J connectivity index is 2.68. The lowest BCUT2D eigenvalue weighted by Crippen LogP contribution is -2.30. The first kappa shape index (κ1) is 14.1. The number of benzene rings is 1. The fourth-order valence-corrected chi connectivity index (χ4v) is 1.62. The number of amides is 1. The Morgan fingerprint density at radius 1 is 1.56 bits per heavy atom. The molecule has 0 radical (unpaired) electrons. The number of nitrogens with one attached hydrogen (secondary N) is 2. The van der Waals surface area contributed by atoms with Gasteiger partial charge in [-0.05, 0) is 31.7 Å². The minimum absolute atomic E-state index is 0.0565. The van der Waals surface area contributed by atoms with Crippen molar-refractivity contribution >= 4 is 11.6 Å². The highest BCUT2D eigenvalue weighted by Gasteiger charge is 2.10. The average molecular weight is 249 g/mol. The predicted octanol–water partition coefficient (Wildman–Crippen LogP) is 2.02. The van der Waals surface area contributed by atoms with E-state index in [0.717, 1.165) is 12.6 Å². The molecule has 5 heteroatoms. The van der Waals surface area contributed by atoms with E-state index in [9.17, 15) is 9.18 Å². The second-order valence-electron chi connectivity index (χ2n) is 4.01. The topological polar surface area (TPSA) is 64.9 Å². The number of anilines is 1. The molecule has 0 fully saturated rings. The normalized spacial score (nSPS) is 11.7. The maximum absolute atomic E-state index is 12.9. The summed E-state index contributed by atoms with van der Waals surface area (Å²) >= 11 is 0. The van der Waals surface area contributed by atoms with Crippen molar-refractivity contribution in [2.75, 3.05) is 11.9 Å². The summed E-state index contributed by atoms with van der Waals surface area (Å²) < 4.78 is 12.9. The number of nitriles is 1. The molecule has 0 spiro atoms. The molecule has 0 aliphatic carbocycles. The molecule has 0 aliphatic rings. The van der Waals surface area contributed by atoms with Gasteiger partial charge >= 0.3 is 0 Å². The van der Waals surface area contributed by atoms with Gasteiger partial charge in [-0.1, -0.05) is 6.92 Å². The minimum atomic E-state index is -0.495. The monoisotopic (exact) mass is 249 g/mol. The van der Waals surface area contributed by atoms with Crippen LogP contribution in [0.5, 0.6) is 0 Å². The van der Waals surface area contributed by atoms with Crippen molar-refractivity contribution in [3.63, 3.8) is 0 Å². The van der Waals surface area contributed by atoms with Crippen LogP contribution in [0.2, 0.25) is 0 Å². The van der Waals surface area contributed by atoms with Crippen LogP contribution < -0.4 is 10.6 Å². The molecule has 18 heavy (non-hydrogen) atoms. The predicted molar refractivity (Wildman–Crippen MR) is 67.5 cm³/mol. The Hall–Kier alpha value is -1.93. The summed E-state index contributed by atoms with van der Waals surface area (Å²) in [4.78, 5) is 11.7. The molecule has 0 aliphatic heterocycles. The SMILES string of the molecule is CCNC(C)CC(=O)Nc1ccc(F)cc1C#N. The van der Waals surface area contributed by atoms with Crippen LogP contribution in [0, 0.1) is 17.1 Å². The van der Waals surface area contributed by atoms with Gasteiger partial charge in [0.15, 0.2) is 0 Å². The van der Waals surface area contributed by atoms with E-state index in [2.05, 4.69) is 10.6 Å². The number of rotatable bonds is 5. The maximum atomic E-state index is 12.9. The third-order valence-corrected chi connectivity index (χ3v) is 2.42. The molecule has 0 aromatic heterocycles. The lowest BCUT2D eigenvalue weighted by atomic mass is 10.1. The van der Waals surface area contributed by atoms with E-state index in [1.807, 2.05) is 19.9 Å². The van der Waals surface area contributed by atoms with Crippen molar-refractivity contribution < 1.29 is 9.18 Å². The minimum Gasteiger partial charge on any atom is -0.325 e. The summed E-state index contributed by atoms with van der Waals surface area (Å²) in [5.74, 6) is -0.697. The first-order valence-corrected chi connectivity index (χ1v) is 5.79. The Labute approximate surface area is 106 Å². The molecule has 4 nitrogen and oxygen atoms in total. The first-order valence-electron chi connectivity index (χ1n) is 5.79. The van der Waals surface area contributed by atoms with E-state index in [1.165, 1.54) is 12.1 Å². The van der Waals surface area contributed by atoms with Crippen LogP contribution in [0.25, 0.3) is 0 Å². The molecule has 0 bridgehead atoms. The lowest BCUT2D eigenvalue weighted by Gasteiger charge is -2.12. The van der Waals surface area contributed by atoms with Gasteiger partial charge in [0.25, 0.3) is 0 Å². The summed E-state index contributed by atoms with van der Waals surface area (Å²) in [7, 11) is 0. The van der Waals surface area contributed by atoms with Gasteiger partial charge in [-0.25, -0.2) is 4.39 Å². The molecular weight excluding hydrogens is 233 g/mol. The second-order valence-corrected chi connectivity index (χ2v) is 4.01. The van der Waals surface area contributed by atoms with Crippen LogP contribution in [0.15, 0.2) is 18.2 Å². The molecule has 2 N–H and O–H groups in total. The molecule has 0 heterocycles. The summed E-state index contributed by atoms with van der Waals surface area (Å²) in [6.07, 6.45) is 0.302. The molecule has 1 rings (SSSR count). The van der Waals surface area contributed by atoms with Crippen molar-refractivity contribution in [1.29, 1.82) is 5.26 Å². The fraction of sp³-hybridized carbons (Fsp3) is 0.385. The van der Waals surface area contributed by atoms with Gasteiger partial charge in [-0.15, -0.1) is 0 Å². The number of carbonyl (C=O) groups excluding carboxylic acids is 1. The van der Waals surface area contributed by atoms with E-state index >= 15 is 0 Å². The number of hydrogen-bond donors (Lipinski definition) is 2.